The summed E-state index contributed by atoms with van der Waals surface area (Å²) in [5.41, 5.74) is 1.10. The van der Waals surface area contributed by atoms with Gasteiger partial charge in [-0.05, 0) is 43.9 Å². The maximum absolute atomic E-state index is 13.2. The summed E-state index contributed by atoms with van der Waals surface area (Å²) in [5, 5.41) is 0. The molecule has 0 radical (unpaired) electrons. The van der Waals surface area contributed by atoms with Crippen molar-refractivity contribution in [1.29, 1.82) is 0 Å². The molecule has 1 aliphatic carbocycles. The van der Waals surface area contributed by atoms with Crippen LogP contribution in [0.5, 0.6) is 0 Å². The number of hydrogen-bond acceptors (Lipinski definition) is 3. The van der Waals surface area contributed by atoms with Crippen LogP contribution in [-0.2, 0) is 23.0 Å². The molecular formula is C16H20FN3O2S. The number of aryl methyl sites for hydroxylation is 1. The fraction of sp³-hybridized carbons (Fsp3) is 0.438. The summed E-state index contributed by atoms with van der Waals surface area (Å²) in [5.74, 6) is 1.05. The van der Waals surface area contributed by atoms with Crippen LogP contribution < -0.4 is 4.72 Å². The molecule has 1 aliphatic rings. The van der Waals surface area contributed by atoms with Gasteiger partial charge in [0.2, 0.25) is 10.0 Å². The van der Waals surface area contributed by atoms with Crippen LogP contribution >= 0.6 is 0 Å². The van der Waals surface area contributed by atoms with E-state index in [0.717, 1.165) is 30.0 Å². The smallest absolute Gasteiger partial charge is 0.240 e. The van der Waals surface area contributed by atoms with Crippen molar-refractivity contribution in [2.75, 3.05) is 6.54 Å². The molecule has 1 aromatic carbocycles. The Hall–Kier alpha value is -1.73. The molecule has 0 aliphatic heterocycles. The van der Waals surface area contributed by atoms with Gasteiger partial charge < -0.3 is 4.57 Å². The standard InChI is InChI=1S/C16H20FN3O2S/c1-12-10-18-16(20(12)11-13-5-6-13)7-8-19-23(21,22)15-4-2-3-14(17)9-15/h2-4,9-10,13,19H,5-8,11H2,1H3. The molecule has 1 N–H and O–H groups in total. The first kappa shape index (κ1) is 16.1. The maximum atomic E-state index is 13.2. The molecule has 5 nitrogen and oxygen atoms in total. The molecule has 1 heterocycles. The zero-order valence-corrected chi connectivity index (χ0v) is 13.8. The van der Waals surface area contributed by atoms with Gasteiger partial charge in [0.05, 0.1) is 4.90 Å². The average Bonchev–Trinajstić information content (AvgIpc) is 3.26. The fourth-order valence-electron chi connectivity index (χ4n) is 2.53. The van der Waals surface area contributed by atoms with E-state index in [4.69, 9.17) is 0 Å². The van der Waals surface area contributed by atoms with Crippen molar-refractivity contribution in [3.05, 3.63) is 47.8 Å². The summed E-state index contributed by atoms with van der Waals surface area (Å²) in [6.07, 6.45) is 4.83. The zero-order valence-electron chi connectivity index (χ0n) is 13.0. The lowest BCUT2D eigenvalue weighted by molar-refractivity contribution is 0.565. The Kier molecular flexibility index (Phi) is 4.50. The first-order valence-electron chi connectivity index (χ1n) is 7.72. The summed E-state index contributed by atoms with van der Waals surface area (Å²) in [6, 6.07) is 5.00. The van der Waals surface area contributed by atoms with Crippen molar-refractivity contribution < 1.29 is 12.8 Å². The van der Waals surface area contributed by atoms with Crippen LogP contribution in [0.25, 0.3) is 0 Å². The van der Waals surface area contributed by atoms with Gasteiger partial charge in [0, 0.05) is 31.4 Å². The van der Waals surface area contributed by atoms with E-state index in [1.165, 1.54) is 31.0 Å². The normalized spacial score (nSPS) is 15.0. The summed E-state index contributed by atoms with van der Waals surface area (Å²) in [6.45, 7) is 3.20. The number of halogens is 1. The van der Waals surface area contributed by atoms with Crippen LogP contribution in [0.1, 0.15) is 24.4 Å². The van der Waals surface area contributed by atoms with Crippen molar-refractivity contribution in [2.45, 2.75) is 37.6 Å². The van der Waals surface area contributed by atoms with Crippen molar-refractivity contribution in [2.24, 2.45) is 5.92 Å². The lowest BCUT2D eigenvalue weighted by atomic mass is 10.3. The van der Waals surface area contributed by atoms with Gasteiger partial charge >= 0.3 is 0 Å². The van der Waals surface area contributed by atoms with Crippen molar-refractivity contribution >= 4 is 10.0 Å². The van der Waals surface area contributed by atoms with Gasteiger partial charge in [-0.1, -0.05) is 6.07 Å². The lowest BCUT2D eigenvalue weighted by Crippen LogP contribution is -2.27. The molecule has 0 amide bonds. The Morgan fingerprint density at radius 2 is 2.17 bits per heavy atom. The molecule has 0 unspecified atom stereocenters. The van der Waals surface area contributed by atoms with E-state index < -0.39 is 15.8 Å². The Bertz CT molecular complexity index is 797. The highest BCUT2D eigenvalue weighted by molar-refractivity contribution is 7.89. The highest BCUT2D eigenvalue weighted by Crippen LogP contribution is 2.31. The molecule has 23 heavy (non-hydrogen) atoms. The van der Waals surface area contributed by atoms with E-state index >= 15 is 0 Å². The highest BCUT2D eigenvalue weighted by Gasteiger charge is 2.23. The predicted molar refractivity (Wildman–Crippen MR) is 85.0 cm³/mol. The molecule has 3 rings (SSSR count). The Balaban J connectivity index is 1.63. The summed E-state index contributed by atoms with van der Waals surface area (Å²) in [4.78, 5) is 4.31. The van der Waals surface area contributed by atoms with E-state index in [1.807, 2.05) is 13.1 Å². The number of nitrogens with one attached hydrogen (secondary N) is 1. The summed E-state index contributed by atoms with van der Waals surface area (Å²) >= 11 is 0. The van der Waals surface area contributed by atoms with Crippen molar-refractivity contribution in [3.63, 3.8) is 0 Å². The third kappa shape index (κ3) is 3.97. The Morgan fingerprint density at radius 1 is 1.39 bits per heavy atom. The molecule has 1 aromatic heterocycles. The molecule has 1 fully saturated rings. The minimum Gasteiger partial charge on any atom is -0.332 e. The van der Waals surface area contributed by atoms with Gasteiger partial charge in [-0.25, -0.2) is 22.5 Å². The molecule has 124 valence electrons. The summed E-state index contributed by atoms with van der Waals surface area (Å²) in [7, 11) is -3.70. The topological polar surface area (TPSA) is 64.0 Å². The Morgan fingerprint density at radius 3 is 2.87 bits per heavy atom. The number of nitrogens with zero attached hydrogens (tertiary/aromatic N) is 2. The van der Waals surface area contributed by atoms with Crippen LogP contribution in [0.4, 0.5) is 4.39 Å². The van der Waals surface area contributed by atoms with Crippen LogP contribution in [-0.4, -0.2) is 24.5 Å². The second-order valence-corrected chi connectivity index (χ2v) is 7.74. The largest absolute Gasteiger partial charge is 0.332 e. The molecule has 0 spiro atoms. The van der Waals surface area contributed by atoms with E-state index in [1.54, 1.807) is 0 Å². The van der Waals surface area contributed by atoms with Crippen LogP contribution in [0, 0.1) is 18.7 Å². The van der Waals surface area contributed by atoms with Gasteiger partial charge in [-0.3, -0.25) is 0 Å². The monoisotopic (exact) mass is 337 g/mol. The Labute approximate surface area is 135 Å². The first-order valence-corrected chi connectivity index (χ1v) is 9.20. The van der Waals surface area contributed by atoms with Gasteiger partial charge in [0.15, 0.2) is 0 Å². The molecule has 1 saturated carbocycles. The first-order chi connectivity index (χ1) is 11.0. The van der Waals surface area contributed by atoms with E-state index in [0.29, 0.717) is 6.42 Å². The van der Waals surface area contributed by atoms with Crippen molar-refractivity contribution in [3.8, 4) is 0 Å². The second kappa shape index (κ2) is 6.41. The quantitative estimate of drug-likeness (QED) is 0.843. The van der Waals surface area contributed by atoms with Gasteiger partial charge in [0.25, 0.3) is 0 Å². The number of sulfonamides is 1. The molecule has 0 atom stereocenters. The second-order valence-electron chi connectivity index (χ2n) is 5.97. The van der Waals surface area contributed by atoms with E-state index in [2.05, 4.69) is 14.3 Å². The third-order valence-corrected chi connectivity index (χ3v) is 5.48. The maximum Gasteiger partial charge on any atom is 0.240 e. The van der Waals surface area contributed by atoms with Crippen LogP contribution in [0.3, 0.4) is 0 Å². The highest BCUT2D eigenvalue weighted by atomic mass is 32.2. The number of imidazole rings is 1. The zero-order chi connectivity index (χ0) is 16.4. The van der Waals surface area contributed by atoms with E-state index in [9.17, 15) is 12.8 Å². The van der Waals surface area contributed by atoms with Gasteiger partial charge in [-0.2, -0.15) is 0 Å². The average molecular weight is 337 g/mol. The molecule has 7 heteroatoms. The number of hydrogen-bond donors (Lipinski definition) is 1. The van der Waals surface area contributed by atoms with Crippen LogP contribution in [0.15, 0.2) is 35.4 Å². The van der Waals surface area contributed by atoms with Gasteiger partial charge in [-0.15, -0.1) is 0 Å². The van der Waals surface area contributed by atoms with E-state index in [-0.39, 0.29) is 11.4 Å². The van der Waals surface area contributed by atoms with Gasteiger partial charge in [0.1, 0.15) is 11.6 Å². The van der Waals surface area contributed by atoms with Crippen LogP contribution in [0.2, 0.25) is 0 Å². The van der Waals surface area contributed by atoms with Crippen molar-refractivity contribution in [1.82, 2.24) is 14.3 Å². The number of rotatable bonds is 7. The SMILES string of the molecule is Cc1cnc(CCNS(=O)(=O)c2cccc(F)c2)n1CC1CC1. The fourth-order valence-corrected chi connectivity index (χ4v) is 3.60. The molecular weight excluding hydrogens is 317 g/mol. The third-order valence-electron chi connectivity index (χ3n) is 4.02. The lowest BCUT2D eigenvalue weighted by Gasteiger charge is -2.10. The molecule has 2 aromatic rings. The number of benzene rings is 1. The predicted octanol–water partition coefficient (Wildman–Crippen LogP) is 2.26. The molecule has 0 bridgehead atoms. The number of aromatic nitrogens is 2. The minimum absolute atomic E-state index is 0.0602. The minimum atomic E-state index is -3.70. The summed E-state index contributed by atoms with van der Waals surface area (Å²) < 4.78 is 42.1. The molecule has 0 saturated heterocycles.